The zero-order chi connectivity index (χ0) is 18.3. The van der Waals surface area contributed by atoms with E-state index in [0.717, 1.165) is 0 Å². The molecule has 0 radical (unpaired) electrons. The molecular weight excluding hydrogens is 318 g/mol. The largest absolute Gasteiger partial charge is 0.489 e. The Balaban J connectivity index is 2.08. The molecular formula is C20H23NO4. The summed E-state index contributed by atoms with van der Waals surface area (Å²) in [5.74, 6) is -0.356. The van der Waals surface area contributed by atoms with Crippen LogP contribution in [0.25, 0.3) is 0 Å². The third kappa shape index (κ3) is 6.30. The summed E-state index contributed by atoms with van der Waals surface area (Å²) >= 11 is 0. The molecule has 0 aromatic heterocycles. The summed E-state index contributed by atoms with van der Waals surface area (Å²) in [7, 11) is 0. The highest BCUT2D eigenvalue weighted by atomic mass is 16.6. The van der Waals surface area contributed by atoms with E-state index in [0.29, 0.717) is 11.3 Å². The number of ether oxygens (including phenoxy) is 2. The van der Waals surface area contributed by atoms with Gasteiger partial charge < -0.3 is 14.8 Å². The van der Waals surface area contributed by atoms with Crippen LogP contribution in [0.1, 0.15) is 31.1 Å². The first kappa shape index (κ1) is 18.5. The highest BCUT2D eigenvalue weighted by molar-refractivity contribution is 5.92. The molecule has 2 aromatic carbocycles. The molecule has 1 atom stereocenters. The summed E-state index contributed by atoms with van der Waals surface area (Å²) in [6, 6.07) is 17.6. The van der Waals surface area contributed by atoms with Gasteiger partial charge in [-0.25, -0.2) is 4.79 Å². The number of rotatable bonds is 6. The zero-order valence-corrected chi connectivity index (χ0v) is 14.7. The summed E-state index contributed by atoms with van der Waals surface area (Å²) in [5.41, 5.74) is -0.0582. The van der Waals surface area contributed by atoms with Gasteiger partial charge in [0.2, 0.25) is 6.10 Å². The molecule has 0 aliphatic carbocycles. The van der Waals surface area contributed by atoms with Crippen LogP contribution in [-0.4, -0.2) is 30.1 Å². The predicted octanol–water partition coefficient (Wildman–Crippen LogP) is 3.21. The second-order valence-corrected chi connectivity index (χ2v) is 6.62. The Kier molecular flexibility index (Phi) is 6.17. The lowest BCUT2D eigenvalue weighted by atomic mass is 10.1. The molecule has 2 aromatic rings. The van der Waals surface area contributed by atoms with E-state index >= 15 is 0 Å². The van der Waals surface area contributed by atoms with Crippen molar-refractivity contribution in [1.29, 1.82) is 0 Å². The van der Waals surface area contributed by atoms with Gasteiger partial charge in [0.15, 0.2) is 0 Å². The molecule has 1 amide bonds. The van der Waals surface area contributed by atoms with Crippen molar-refractivity contribution in [3.05, 3.63) is 66.2 Å². The van der Waals surface area contributed by atoms with Crippen LogP contribution >= 0.6 is 0 Å². The van der Waals surface area contributed by atoms with Gasteiger partial charge in [-0.15, -0.1) is 0 Å². The average molecular weight is 341 g/mol. The summed E-state index contributed by atoms with van der Waals surface area (Å²) in [6.07, 6.45) is -1.05. The van der Waals surface area contributed by atoms with Crippen LogP contribution in [0.4, 0.5) is 0 Å². The number of esters is 1. The predicted molar refractivity (Wildman–Crippen MR) is 95.5 cm³/mol. The number of carbonyl (C=O) groups excluding carboxylic acids is 2. The first-order valence-corrected chi connectivity index (χ1v) is 8.11. The lowest BCUT2D eigenvalue weighted by molar-refractivity contribution is -0.133. The molecule has 5 heteroatoms. The minimum Gasteiger partial charge on any atom is -0.489 e. The Labute approximate surface area is 148 Å². The van der Waals surface area contributed by atoms with Crippen molar-refractivity contribution in [3.8, 4) is 5.75 Å². The molecule has 132 valence electrons. The molecule has 1 unspecified atom stereocenters. The van der Waals surface area contributed by atoms with Gasteiger partial charge in [-0.1, -0.05) is 36.4 Å². The molecule has 25 heavy (non-hydrogen) atoms. The number of nitrogens with one attached hydrogen (secondary N) is 1. The van der Waals surface area contributed by atoms with Crippen LogP contribution in [0.5, 0.6) is 5.75 Å². The second-order valence-electron chi connectivity index (χ2n) is 6.62. The summed E-state index contributed by atoms with van der Waals surface area (Å²) in [4.78, 5) is 24.8. The van der Waals surface area contributed by atoms with E-state index in [1.54, 1.807) is 42.5 Å². The number of amides is 1. The third-order valence-electron chi connectivity index (χ3n) is 3.19. The molecule has 0 aliphatic rings. The molecule has 0 saturated carbocycles. The summed E-state index contributed by atoms with van der Waals surface area (Å²) < 4.78 is 11.0. The third-order valence-corrected chi connectivity index (χ3v) is 3.19. The van der Waals surface area contributed by atoms with Gasteiger partial charge in [-0.05, 0) is 45.0 Å². The van der Waals surface area contributed by atoms with Crippen LogP contribution in [0, 0.1) is 0 Å². The van der Waals surface area contributed by atoms with Gasteiger partial charge in [0, 0.05) is 5.54 Å². The first-order chi connectivity index (χ1) is 11.8. The van der Waals surface area contributed by atoms with Crippen molar-refractivity contribution in [3.63, 3.8) is 0 Å². The molecule has 0 bridgehead atoms. The normalized spacial score (nSPS) is 12.1. The van der Waals surface area contributed by atoms with E-state index in [9.17, 15) is 9.59 Å². The Morgan fingerprint density at radius 2 is 1.52 bits per heavy atom. The quantitative estimate of drug-likeness (QED) is 0.820. The van der Waals surface area contributed by atoms with E-state index < -0.39 is 23.5 Å². The maximum absolute atomic E-state index is 12.5. The minimum absolute atomic E-state index is 0.0650. The average Bonchev–Trinajstić information content (AvgIpc) is 2.58. The molecule has 1 N–H and O–H groups in total. The van der Waals surface area contributed by atoms with E-state index in [1.165, 1.54) is 0 Å². The fraction of sp³-hybridized carbons (Fsp3) is 0.300. The highest BCUT2D eigenvalue weighted by Gasteiger charge is 2.27. The van der Waals surface area contributed by atoms with Gasteiger partial charge in [-0.2, -0.15) is 0 Å². The zero-order valence-electron chi connectivity index (χ0n) is 14.7. The van der Waals surface area contributed by atoms with Crippen LogP contribution in [0.15, 0.2) is 60.7 Å². The van der Waals surface area contributed by atoms with Crippen molar-refractivity contribution >= 4 is 11.9 Å². The van der Waals surface area contributed by atoms with Crippen molar-refractivity contribution in [2.24, 2.45) is 0 Å². The number of para-hydroxylation sites is 1. The Morgan fingerprint density at radius 1 is 0.960 bits per heavy atom. The van der Waals surface area contributed by atoms with Crippen molar-refractivity contribution in [2.45, 2.75) is 32.4 Å². The SMILES string of the molecule is CC(C)(C)NC(=O)C(COc1ccccc1)OC(=O)c1ccccc1. The van der Waals surface area contributed by atoms with E-state index in [4.69, 9.17) is 9.47 Å². The van der Waals surface area contributed by atoms with Gasteiger partial charge in [0.25, 0.3) is 5.91 Å². The van der Waals surface area contributed by atoms with Gasteiger partial charge in [-0.3, -0.25) is 4.79 Å². The fourth-order valence-electron chi connectivity index (χ4n) is 2.07. The highest BCUT2D eigenvalue weighted by Crippen LogP contribution is 2.12. The maximum Gasteiger partial charge on any atom is 0.339 e. The van der Waals surface area contributed by atoms with Gasteiger partial charge >= 0.3 is 5.97 Å². The fourth-order valence-corrected chi connectivity index (χ4v) is 2.07. The van der Waals surface area contributed by atoms with E-state index in [1.807, 2.05) is 39.0 Å². The number of hydrogen-bond acceptors (Lipinski definition) is 4. The smallest absolute Gasteiger partial charge is 0.339 e. The Morgan fingerprint density at radius 3 is 2.08 bits per heavy atom. The number of hydrogen-bond donors (Lipinski definition) is 1. The van der Waals surface area contributed by atoms with Gasteiger partial charge in [0.05, 0.1) is 5.56 Å². The standard InChI is InChI=1S/C20H23NO4/c1-20(2,3)21-18(22)17(14-24-16-12-8-5-9-13-16)25-19(23)15-10-6-4-7-11-15/h4-13,17H,14H2,1-3H3,(H,21,22). The minimum atomic E-state index is -1.05. The molecule has 0 spiro atoms. The van der Waals surface area contributed by atoms with E-state index in [2.05, 4.69) is 5.32 Å². The second kappa shape index (κ2) is 8.33. The van der Waals surface area contributed by atoms with Crippen LogP contribution < -0.4 is 10.1 Å². The van der Waals surface area contributed by atoms with Crippen molar-refractivity contribution in [2.75, 3.05) is 6.61 Å². The van der Waals surface area contributed by atoms with Crippen LogP contribution in [0.2, 0.25) is 0 Å². The summed E-state index contributed by atoms with van der Waals surface area (Å²) in [5, 5.41) is 2.82. The first-order valence-electron chi connectivity index (χ1n) is 8.11. The van der Waals surface area contributed by atoms with Crippen LogP contribution in [-0.2, 0) is 9.53 Å². The molecule has 0 aliphatic heterocycles. The number of benzene rings is 2. The molecule has 0 saturated heterocycles. The topological polar surface area (TPSA) is 64.6 Å². The Bertz CT molecular complexity index is 693. The molecule has 0 heterocycles. The lowest BCUT2D eigenvalue weighted by Crippen LogP contribution is -2.49. The van der Waals surface area contributed by atoms with E-state index in [-0.39, 0.29) is 6.61 Å². The lowest BCUT2D eigenvalue weighted by Gasteiger charge is -2.25. The molecule has 0 fully saturated rings. The number of carbonyl (C=O) groups is 2. The monoisotopic (exact) mass is 341 g/mol. The summed E-state index contributed by atoms with van der Waals surface area (Å²) in [6.45, 7) is 5.52. The molecule has 2 rings (SSSR count). The van der Waals surface area contributed by atoms with Crippen molar-refractivity contribution < 1.29 is 19.1 Å². The van der Waals surface area contributed by atoms with Gasteiger partial charge in [0.1, 0.15) is 12.4 Å². The maximum atomic E-state index is 12.5. The van der Waals surface area contributed by atoms with Crippen LogP contribution in [0.3, 0.4) is 0 Å². The van der Waals surface area contributed by atoms with Crippen molar-refractivity contribution in [1.82, 2.24) is 5.32 Å². The molecule has 5 nitrogen and oxygen atoms in total. The Hall–Kier alpha value is -2.82.